The first-order valence-electron chi connectivity index (χ1n) is 10.3. The Bertz CT molecular complexity index is 871. The number of benzene rings is 1. The van der Waals surface area contributed by atoms with Gasteiger partial charge in [0.05, 0.1) is 24.2 Å². The van der Waals surface area contributed by atoms with E-state index in [1.807, 2.05) is 37.8 Å². The molecular formula is C22H32N4O4. The summed E-state index contributed by atoms with van der Waals surface area (Å²) in [5.74, 6) is 0. The van der Waals surface area contributed by atoms with Crippen molar-refractivity contribution in [3.05, 3.63) is 24.4 Å². The van der Waals surface area contributed by atoms with E-state index in [4.69, 9.17) is 14.2 Å². The van der Waals surface area contributed by atoms with Gasteiger partial charge in [-0.1, -0.05) is 6.07 Å². The molecule has 2 heterocycles. The average Bonchev–Trinajstić information content (AvgIpc) is 2.65. The topological polar surface area (TPSA) is 77.0 Å². The molecule has 0 aliphatic carbocycles. The Labute approximate surface area is 178 Å². The first-order chi connectivity index (χ1) is 14.2. The van der Waals surface area contributed by atoms with Gasteiger partial charge in [-0.25, -0.2) is 9.78 Å². The number of anilines is 1. The summed E-state index contributed by atoms with van der Waals surface area (Å²) >= 11 is 0. The number of ether oxygens (including phenoxy) is 3. The number of carbonyl (C=O) groups excluding carboxylic acids is 1. The van der Waals surface area contributed by atoms with Crippen LogP contribution < -0.4 is 9.64 Å². The highest BCUT2D eigenvalue weighted by atomic mass is 16.6. The van der Waals surface area contributed by atoms with Gasteiger partial charge in [0.25, 0.3) is 0 Å². The Kier molecular flexibility index (Phi) is 6.65. The molecule has 1 fully saturated rings. The second kappa shape index (κ2) is 9.04. The van der Waals surface area contributed by atoms with E-state index in [1.165, 1.54) is 0 Å². The molecule has 0 bridgehead atoms. The number of hydrogen-bond donors (Lipinski definition) is 0. The highest BCUT2D eigenvalue weighted by Gasteiger charge is 2.36. The van der Waals surface area contributed by atoms with E-state index in [-0.39, 0.29) is 18.2 Å². The number of amides is 1. The number of fused-ring (bicyclic) bond motifs is 1. The molecule has 0 unspecified atom stereocenters. The molecule has 0 radical (unpaired) electrons. The predicted molar refractivity (Wildman–Crippen MR) is 116 cm³/mol. The van der Waals surface area contributed by atoms with Gasteiger partial charge >= 0.3 is 12.1 Å². The van der Waals surface area contributed by atoms with Crippen molar-refractivity contribution in [3.8, 4) is 6.01 Å². The molecule has 0 spiro atoms. The van der Waals surface area contributed by atoms with Gasteiger partial charge in [-0.15, -0.1) is 0 Å². The van der Waals surface area contributed by atoms with Gasteiger partial charge < -0.3 is 19.1 Å². The standard InChI is InChI=1S/C22H32N4O4/c1-15-13-25(14-16(2)26(15)21(27)30-22(3,4)5)19-9-7-8-18-17(19)12-23-20(24-18)29-11-10-28-6/h7-9,12,15-16H,10-11,13-14H2,1-6H3/t15-,16+. The summed E-state index contributed by atoms with van der Waals surface area (Å²) in [6.07, 6.45) is 1.54. The summed E-state index contributed by atoms with van der Waals surface area (Å²) in [6.45, 7) is 12.1. The van der Waals surface area contributed by atoms with Crippen LogP contribution in [0.15, 0.2) is 24.4 Å². The van der Waals surface area contributed by atoms with E-state index in [2.05, 4.69) is 34.8 Å². The Morgan fingerprint density at radius 2 is 1.87 bits per heavy atom. The highest BCUT2D eigenvalue weighted by molar-refractivity contribution is 5.91. The fourth-order valence-corrected chi connectivity index (χ4v) is 3.78. The summed E-state index contributed by atoms with van der Waals surface area (Å²) in [7, 11) is 1.63. The lowest BCUT2D eigenvalue weighted by atomic mass is 10.1. The summed E-state index contributed by atoms with van der Waals surface area (Å²) < 4.78 is 16.1. The van der Waals surface area contributed by atoms with Gasteiger partial charge in [-0.3, -0.25) is 4.90 Å². The van der Waals surface area contributed by atoms with Crippen LogP contribution in [0.5, 0.6) is 6.01 Å². The van der Waals surface area contributed by atoms with Gasteiger partial charge in [-0.05, 0) is 46.8 Å². The summed E-state index contributed by atoms with van der Waals surface area (Å²) in [5.41, 5.74) is 1.37. The maximum Gasteiger partial charge on any atom is 0.410 e. The number of carbonyl (C=O) groups is 1. The maximum absolute atomic E-state index is 12.7. The van der Waals surface area contributed by atoms with Gasteiger partial charge in [0.1, 0.15) is 12.2 Å². The third-order valence-electron chi connectivity index (χ3n) is 4.96. The summed E-state index contributed by atoms with van der Waals surface area (Å²) in [6, 6.07) is 6.37. The van der Waals surface area contributed by atoms with Crippen molar-refractivity contribution < 1.29 is 19.0 Å². The smallest absolute Gasteiger partial charge is 0.410 e. The molecule has 8 heteroatoms. The van der Waals surface area contributed by atoms with Crippen LogP contribution in [0.25, 0.3) is 10.9 Å². The lowest BCUT2D eigenvalue weighted by Gasteiger charge is -2.45. The van der Waals surface area contributed by atoms with Gasteiger partial charge in [0.15, 0.2) is 0 Å². The molecule has 8 nitrogen and oxygen atoms in total. The van der Waals surface area contributed by atoms with Crippen molar-refractivity contribution >= 4 is 22.7 Å². The molecule has 1 aliphatic heterocycles. The maximum atomic E-state index is 12.7. The van der Waals surface area contributed by atoms with Crippen molar-refractivity contribution in [1.29, 1.82) is 0 Å². The minimum atomic E-state index is -0.510. The monoisotopic (exact) mass is 416 g/mol. The van der Waals surface area contributed by atoms with Crippen LogP contribution in [0.4, 0.5) is 10.5 Å². The number of nitrogens with zero attached hydrogens (tertiary/aromatic N) is 4. The Hall–Kier alpha value is -2.61. The van der Waals surface area contributed by atoms with E-state index in [1.54, 1.807) is 13.3 Å². The van der Waals surface area contributed by atoms with E-state index < -0.39 is 5.60 Å². The van der Waals surface area contributed by atoms with E-state index in [0.29, 0.717) is 32.3 Å². The first-order valence-corrected chi connectivity index (χ1v) is 10.3. The minimum Gasteiger partial charge on any atom is -0.461 e. The molecule has 2 aromatic rings. The Balaban J connectivity index is 1.79. The second-order valence-electron chi connectivity index (χ2n) is 8.69. The molecular weight excluding hydrogens is 384 g/mol. The molecule has 30 heavy (non-hydrogen) atoms. The zero-order valence-electron chi connectivity index (χ0n) is 18.7. The third-order valence-corrected chi connectivity index (χ3v) is 4.96. The average molecular weight is 417 g/mol. The number of rotatable bonds is 5. The highest BCUT2D eigenvalue weighted by Crippen LogP contribution is 2.30. The zero-order valence-corrected chi connectivity index (χ0v) is 18.7. The van der Waals surface area contributed by atoms with Gasteiger partial charge in [0.2, 0.25) is 0 Å². The quantitative estimate of drug-likeness (QED) is 0.691. The largest absolute Gasteiger partial charge is 0.461 e. The Morgan fingerprint density at radius 3 is 2.50 bits per heavy atom. The number of methoxy groups -OCH3 is 1. The fraction of sp³-hybridized carbons (Fsp3) is 0.591. The van der Waals surface area contributed by atoms with Crippen LogP contribution in [-0.4, -0.2) is 72.1 Å². The predicted octanol–water partition coefficient (Wildman–Crippen LogP) is 3.49. The van der Waals surface area contributed by atoms with Gasteiger partial charge in [-0.2, -0.15) is 4.98 Å². The number of aromatic nitrogens is 2. The molecule has 1 aliphatic rings. The third kappa shape index (κ3) is 5.11. The molecule has 3 rings (SSSR count). The van der Waals surface area contributed by atoms with Gasteiger partial charge in [0, 0.05) is 37.5 Å². The molecule has 0 N–H and O–H groups in total. The molecule has 1 saturated heterocycles. The lowest BCUT2D eigenvalue weighted by Crippen LogP contribution is -2.59. The molecule has 2 atom stereocenters. The SMILES string of the molecule is COCCOc1ncc2c(N3C[C@@H](C)N(C(=O)OC(C)(C)C)[C@@H](C)C3)cccc2n1. The van der Waals surface area contributed by atoms with Crippen LogP contribution in [-0.2, 0) is 9.47 Å². The molecule has 164 valence electrons. The van der Waals surface area contributed by atoms with Crippen LogP contribution in [0.2, 0.25) is 0 Å². The number of hydrogen-bond acceptors (Lipinski definition) is 7. The van der Waals surface area contributed by atoms with E-state index in [0.717, 1.165) is 16.6 Å². The van der Waals surface area contributed by atoms with Crippen LogP contribution in [0.3, 0.4) is 0 Å². The van der Waals surface area contributed by atoms with Crippen molar-refractivity contribution in [2.24, 2.45) is 0 Å². The van der Waals surface area contributed by atoms with Crippen molar-refractivity contribution in [3.63, 3.8) is 0 Å². The Morgan fingerprint density at radius 1 is 1.17 bits per heavy atom. The zero-order chi connectivity index (χ0) is 21.9. The summed E-state index contributed by atoms with van der Waals surface area (Å²) in [5, 5.41) is 0.960. The molecule has 0 saturated carbocycles. The summed E-state index contributed by atoms with van der Waals surface area (Å²) in [4.78, 5) is 25.7. The second-order valence-corrected chi connectivity index (χ2v) is 8.69. The normalized spacial score (nSPS) is 19.8. The fourth-order valence-electron chi connectivity index (χ4n) is 3.78. The lowest BCUT2D eigenvalue weighted by molar-refractivity contribution is 0.00568. The van der Waals surface area contributed by atoms with Crippen molar-refractivity contribution in [2.75, 3.05) is 38.3 Å². The molecule has 1 aromatic heterocycles. The molecule has 1 amide bonds. The van der Waals surface area contributed by atoms with Crippen LogP contribution in [0, 0.1) is 0 Å². The van der Waals surface area contributed by atoms with E-state index in [9.17, 15) is 4.79 Å². The van der Waals surface area contributed by atoms with E-state index >= 15 is 0 Å². The van der Waals surface area contributed by atoms with Crippen molar-refractivity contribution in [2.45, 2.75) is 52.3 Å². The first kappa shape index (κ1) is 22.1. The van der Waals surface area contributed by atoms with Crippen LogP contribution in [0.1, 0.15) is 34.6 Å². The van der Waals surface area contributed by atoms with Crippen molar-refractivity contribution in [1.82, 2.24) is 14.9 Å². The minimum absolute atomic E-state index is 0.0106. The number of piperazine rings is 1. The molecule has 1 aromatic carbocycles. The van der Waals surface area contributed by atoms with Crippen LogP contribution >= 0.6 is 0 Å².